The molecule has 0 atom stereocenters. The van der Waals surface area contributed by atoms with E-state index in [0.29, 0.717) is 17.1 Å². The third-order valence-electron chi connectivity index (χ3n) is 4.22. The Kier molecular flexibility index (Phi) is 3.93. The Morgan fingerprint density at radius 3 is 2.42 bits per heavy atom. The molecule has 2 heterocycles. The van der Waals surface area contributed by atoms with Crippen LogP contribution in [0.5, 0.6) is 11.5 Å². The van der Waals surface area contributed by atoms with Gasteiger partial charge in [0.1, 0.15) is 11.5 Å². The third-order valence-corrected chi connectivity index (χ3v) is 4.22. The van der Waals surface area contributed by atoms with Crippen LogP contribution < -0.4 is 15.0 Å². The molecule has 130 valence electrons. The maximum absolute atomic E-state index is 12.9. The SMILES string of the molecule is COc1cccc(-c2cn3ccn(-c4cccc(OC)c4)c(=O)c3n2)c1. The van der Waals surface area contributed by atoms with Gasteiger partial charge >= 0.3 is 0 Å². The van der Waals surface area contributed by atoms with E-state index in [0.717, 1.165) is 17.0 Å². The average molecular weight is 347 g/mol. The summed E-state index contributed by atoms with van der Waals surface area (Å²) in [6.07, 6.45) is 5.37. The highest BCUT2D eigenvalue weighted by Gasteiger charge is 2.11. The molecule has 0 fully saturated rings. The molecule has 0 aliphatic heterocycles. The minimum Gasteiger partial charge on any atom is -0.497 e. The minimum atomic E-state index is -0.199. The molecule has 6 nitrogen and oxygen atoms in total. The molecule has 0 saturated heterocycles. The van der Waals surface area contributed by atoms with Gasteiger partial charge in [-0.2, -0.15) is 0 Å². The van der Waals surface area contributed by atoms with Gasteiger partial charge in [-0.1, -0.05) is 18.2 Å². The summed E-state index contributed by atoms with van der Waals surface area (Å²) in [6.45, 7) is 0. The summed E-state index contributed by atoms with van der Waals surface area (Å²) in [5.41, 5.74) is 2.48. The molecule has 0 saturated carbocycles. The minimum absolute atomic E-state index is 0.199. The second-order valence-corrected chi connectivity index (χ2v) is 5.76. The van der Waals surface area contributed by atoms with Crippen LogP contribution in [0.4, 0.5) is 0 Å². The van der Waals surface area contributed by atoms with E-state index in [1.54, 1.807) is 29.4 Å². The van der Waals surface area contributed by atoms with Crippen LogP contribution >= 0.6 is 0 Å². The van der Waals surface area contributed by atoms with Gasteiger partial charge < -0.3 is 13.9 Å². The van der Waals surface area contributed by atoms with E-state index in [1.807, 2.05) is 60.9 Å². The van der Waals surface area contributed by atoms with Crippen LogP contribution in [0.3, 0.4) is 0 Å². The number of nitrogens with zero attached hydrogens (tertiary/aromatic N) is 3. The predicted octanol–water partition coefficient (Wildman–Crippen LogP) is 3.17. The molecular formula is C20H17N3O3. The molecule has 0 radical (unpaired) electrons. The van der Waals surface area contributed by atoms with Crippen molar-refractivity contribution in [1.29, 1.82) is 0 Å². The lowest BCUT2D eigenvalue weighted by Gasteiger charge is -2.07. The molecule has 4 aromatic rings. The number of rotatable bonds is 4. The van der Waals surface area contributed by atoms with E-state index in [-0.39, 0.29) is 5.56 Å². The van der Waals surface area contributed by atoms with Crippen molar-refractivity contribution >= 4 is 5.65 Å². The van der Waals surface area contributed by atoms with Crippen molar-refractivity contribution in [1.82, 2.24) is 14.0 Å². The fourth-order valence-electron chi connectivity index (χ4n) is 2.86. The van der Waals surface area contributed by atoms with Crippen LogP contribution in [0.25, 0.3) is 22.6 Å². The molecule has 0 amide bonds. The van der Waals surface area contributed by atoms with Crippen molar-refractivity contribution < 1.29 is 9.47 Å². The van der Waals surface area contributed by atoms with Crippen molar-refractivity contribution in [3.05, 3.63) is 77.5 Å². The first-order valence-electron chi connectivity index (χ1n) is 8.09. The number of methoxy groups -OCH3 is 2. The topological polar surface area (TPSA) is 57.8 Å². The van der Waals surface area contributed by atoms with Gasteiger partial charge in [-0.05, 0) is 24.3 Å². The van der Waals surface area contributed by atoms with Crippen molar-refractivity contribution in [2.75, 3.05) is 14.2 Å². The van der Waals surface area contributed by atoms with Gasteiger partial charge in [0.25, 0.3) is 5.56 Å². The van der Waals surface area contributed by atoms with E-state index >= 15 is 0 Å². The first kappa shape index (κ1) is 16.0. The summed E-state index contributed by atoms with van der Waals surface area (Å²) in [5, 5.41) is 0. The van der Waals surface area contributed by atoms with E-state index in [2.05, 4.69) is 4.98 Å². The molecule has 0 spiro atoms. The zero-order valence-corrected chi connectivity index (χ0v) is 14.4. The molecule has 0 unspecified atom stereocenters. The van der Waals surface area contributed by atoms with Gasteiger partial charge in [0.2, 0.25) is 5.65 Å². The Balaban J connectivity index is 1.84. The highest BCUT2D eigenvalue weighted by molar-refractivity contribution is 5.64. The summed E-state index contributed by atoms with van der Waals surface area (Å²) in [5.74, 6) is 1.43. The van der Waals surface area contributed by atoms with Crippen molar-refractivity contribution in [3.8, 4) is 28.4 Å². The van der Waals surface area contributed by atoms with Crippen LogP contribution in [0.15, 0.2) is 71.9 Å². The number of benzene rings is 2. The fourth-order valence-corrected chi connectivity index (χ4v) is 2.86. The number of fused-ring (bicyclic) bond motifs is 1. The number of hydrogen-bond donors (Lipinski definition) is 0. The highest BCUT2D eigenvalue weighted by Crippen LogP contribution is 2.23. The molecule has 2 aromatic heterocycles. The lowest BCUT2D eigenvalue weighted by atomic mass is 10.1. The van der Waals surface area contributed by atoms with Crippen LogP contribution in [-0.2, 0) is 0 Å². The van der Waals surface area contributed by atoms with E-state index in [9.17, 15) is 4.79 Å². The second kappa shape index (κ2) is 6.40. The largest absolute Gasteiger partial charge is 0.497 e. The van der Waals surface area contributed by atoms with Gasteiger partial charge in [-0.15, -0.1) is 0 Å². The van der Waals surface area contributed by atoms with Gasteiger partial charge in [-0.25, -0.2) is 4.98 Å². The second-order valence-electron chi connectivity index (χ2n) is 5.76. The molecule has 4 rings (SSSR count). The Morgan fingerprint density at radius 1 is 0.923 bits per heavy atom. The Morgan fingerprint density at radius 2 is 1.65 bits per heavy atom. The number of aromatic nitrogens is 3. The quantitative estimate of drug-likeness (QED) is 0.569. The zero-order chi connectivity index (χ0) is 18.1. The fraction of sp³-hybridized carbons (Fsp3) is 0.100. The van der Waals surface area contributed by atoms with Crippen LogP contribution in [0.1, 0.15) is 0 Å². The van der Waals surface area contributed by atoms with Gasteiger partial charge in [0, 0.05) is 30.2 Å². The van der Waals surface area contributed by atoms with Crippen LogP contribution in [0, 0.1) is 0 Å². The summed E-state index contributed by atoms with van der Waals surface area (Å²) >= 11 is 0. The Bertz CT molecular complexity index is 1140. The monoisotopic (exact) mass is 347 g/mol. The highest BCUT2D eigenvalue weighted by atomic mass is 16.5. The molecule has 6 heteroatoms. The maximum atomic E-state index is 12.9. The molecule has 0 aliphatic rings. The molecule has 26 heavy (non-hydrogen) atoms. The maximum Gasteiger partial charge on any atom is 0.298 e. The van der Waals surface area contributed by atoms with Crippen molar-refractivity contribution in [2.45, 2.75) is 0 Å². The standard InChI is InChI=1S/C20H17N3O3/c1-25-16-7-3-5-14(11-16)18-13-22-9-10-23(20(24)19(22)21-18)15-6-4-8-17(12-15)26-2/h3-13H,1-2H3. The molecular weight excluding hydrogens is 330 g/mol. The zero-order valence-electron chi connectivity index (χ0n) is 14.4. The molecule has 2 aromatic carbocycles. The van der Waals surface area contributed by atoms with Crippen molar-refractivity contribution in [3.63, 3.8) is 0 Å². The van der Waals surface area contributed by atoms with E-state index in [1.165, 1.54) is 0 Å². The molecule has 0 bridgehead atoms. The average Bonchev–Trinajstić information content (AvgIpc) is 3.14. The predicted molar refractivity (Wildman–Crippen MR) is 99.3 cm³/mol. The van der Waals surface area contributed by atoms with E-state index < -0.39 is 0 Å². The number of ether oxygens (including phenoxy) is 2. The van der Waals surface area contributed by atoms with E-state index in [4.69, 9.17) is 9.47 Å². The van der Waals surface area contributed by atoms with Crippen LogP contribution in [-0.4, -0.2) is 28.2 Å². The van der Waals surface area contributed by atoms with Crippen molar-refractivity contribution in [2.24, 2.45) is 0 Å². The lowest BCUT2D eigenvalue weighted by molar-refractivity contribution is 0.414. The normalized spacial score (nSPS) is 10.8. The van der Waals surface area contributed by atoms with Gasteiger partial charge in [-0.3, -0.25) is 9.36 Å². The number of imidazole rings is 1. The molecule has 0 N–H and O–H groups in total. The summed E-state index contributed by atoms with van der Waals surface area (Å²) in [7, 11) is 3.22. The Labute approximate surface area is 149 Å². The number of hydrogen-bond acceptors (Lipinski definition) is 4. The van der Waals surface area contributed by atoms with Gasteiger partial charge in [0.05, 0.1) is 25.6 Å². The third kappa shape index (κ3) is 2.71. The van der Waals surface area contributed by atoms with Crippen LogP contribution in [0.2, 0.25) is 0 Å². The molecule has 0 aliphatic carbocycles. The summed E-state index contributed by atoms with van der Waals surface area (Å²) in [6, 6.07) is 14.9. The first-order chi connectivity index (χ1) is 12.7. The lowest BCUT2D eigenvalue weighted by Crippen LogP contribution is -2.19. The first-order valence-corrected chi connectivity index (χ1v) is 8.09. The Hall–Kier alpha value is -3.54. The summed E-state index contributed by atoms with van der Waals surface area (Å²) < 4.78 is 13.8. The van der Waals surface area contributed by atoms with Gasteiger partial charge in [0.15, 0.2) is 0 Å². The smallest absolute Gasteiger partial charge is 0.298 e. The summed E-state index contributed by atoms with van der Waals surface area (Å²) in [4.78, 5) is 17.4.